The summed E-state index contributed by atoms with van der Waals surface area (Å²) >= 11 is 0. The first-order chi connectivity index (χ1) is 12.3. The van der Waals surface area contributed by atoms with Crippen molar-refractivity contribution >= 4 is 22.7 Å². The fourth-order valence-corrected chi connectivity index (χ4v) is 2.54. The van der Waals surface area contributed by atoms with Crippen LogP contribution in [0.3, 0.4) is 0 Å². The van der Waals surface area contributed by atoms with Crippen LogP contribution < -0.4 is 10.1 Å². The van der Waals surface area contributed by atoms with Crippen molar-refractivity contribution in [2.45, 2.75) is 33.3 Å². The summed E-state index contributed by atoms with van der Waals surface area (Å²) in [5.74, 6) is -0.374. The Hall–Kier alpha value is -3.03. The first-order valence-electron chi connectivity index (χ1n) is 7.98. The number of rotatable bonds is 5. The van der Waals surface area contributed by atoms with E-state index < -0.39 is 12.5 Å². The van der Waals surface area contributed by atoms with Gasteiger partial charge in [-0.2, -0.15) is 8.78 Å². The SMILES string of the molecule is Cc1noc2nc(C(C)C)cc(C(=O)Nc3cccc(OC(F)F)c3)c12. The first-order valence-corrected chi connectivity index (χ1v) is 7.98. The molecule has 1 amide bonds. The number of hydrogen-bond acceptors (Lipinski definition) is 5. The molecule has 1 N–H and O–H groups in total. The molecule has 0 unspecified atom stereocenters. The van der Waals surface area contributed by atoms with E-state index in [0.717, 1.165) is 0 Å². The molecule has 0 saturated carbocycles. The van der Waals surface area contributed by atoms with E-state index in [2.05, 4.69) is 20.2 Å². The molecule has 0 fully saturated rings. The number of aryl methyl sites for hydroxylation is 1. The third-order valence-corrected chi connectivity index (χ3v) is 3.79. The number of aromatic nitrogens is 2. The van der Waals surface area contributed by atoms with Gasteiger partial charge in [-0.25, -0.2) is 4.98 Å². The lowest BCUT2D eigenvalue weighted by Gasteiger charge is -2.11. The van der Waals surface area contributed by atoms with E-state index in [4.69, 9.17) is 4.52 Å². The fraction of sp³-hybridized carbons (Fsp3) is 0.278. The molecule has 26 heavy (non-hydrogen) atoms. The third-order valence-electron chi connectivity index (χ3n) is 3.79. The molecule has 8 heteroatoms. The van der Waals surface area contributed by atoms with Crippen molar-refractivity contribution in [3.8, 4) is 5.75 Å². The summed E-state index contributed by atoms with van der Waals surface area (Å²) in [6.45, 7) is 2.68. The second-order valence-corrected chi connectivity index (χ2v) is 6.06. The highest BCUT2D eigenvalue weighted by Gasteiger charge is 2.20. The topological polar surface area (TPSA) is 77.2 Å². The van der Waals surface area contributed by atoms with Crippen molar-refractivity contribution in [3.05, 3.63) is 47.3 Å². The predicted octanol–water partition coefficient (Wildman–Crippen LogP) is 4.51. The average Bonchev–Trinajstić information content (AvgIpc) is 2.95. The smallest absolute Gasteiger partial charge is 0.387 e. The Morgan fingerprint density at radius 3 is 2.73 bits per heavy atom. The molecule has 0 aliphatic rings. The molecule has 0 aliphatic heterocycles. The van der Waals surface area contributed by atoms with Crippen LogP contribution in [0, 0.1) is 6.92 Å². The minimum absolute atomic E-state index is 0.0401. The fourth-order valence-electron chi connectivity index (χ4n) is 2.54. The Morgan fingerprint density at radius 1 is 1.27 bits per heavy atom. The van der Waals surface area contributed by atoms with Gasteiger partial charge in [-0.1, -0.05) is 25.1 Å². The number of pyridine rings is 1. The van der Waals surface area contributed by atoms with Gasteiger partial charge in [0.15, 0.2) is 0 Å². The summed E-state index contributed by atoms with van der Waals surface area (Å²) in [5.41, 5.74) is 2.21. The number of carbonyl (C=O) groups is 1. The Bertz CT molecular complexity index is 954. The molecule has 1 aromatic carbocycles. The average molecular weight is 361 g/mol. The van der Waals surface area contributed by atoms with Gasteiger partial charge in [0, 0.05) is 17.4 Å². The quantitative estimate of drug-likeness (QED) is 0.723. The number of alkyl halides is 2. The van der Waals surface area contributed by atoms with E-state index in [1.807, 2.05) is 13.8 Å². The van der Waals surface area contributed by atoms with Crippen molar-refractivity contribution in [2.24, 2.45) is 0 Å². The summed E-state index contributed by atoms with van der Waals surface area (Å²) in [4.78, 5) is 17.2. The predicted molar refractivity (Wildman–Crippen MR) is 91.7 cm³/mol. The minimum Gasteiger partial charge on any atom is -0.435 e. The monoisotopic (exact) mass is 361 g/mol. The maximum Gasteiger partial charge on any atom is 0.387 e. The Kier molecular flexibility index (Phi) is 4.83. The molecule has 2 aromatic heterocycles. The van der Waals surface area contributed by atoms with Gasteiger partial charge in [-0.3, -0.25) is 4.79 Å². The number of anilines is 1. The number of nitrogens with one attached hydrogen (secondary N) is 1. The van der Waals surface area contributed by atoms with E-state index in [1.165, 1.54) is 18.2 Å². The van der Waals surface area contributed by atoms with E-state index in [-0.39, 0.29) is 17.4 Å². The van der Waals surface area contributed by atoms with Crippen LogP contribution in [0.2, 0.25) is 0 Å². The van der Waals surface area contributed by atoms with E-state index in [1.54, 1.807) is 19.1 Å². The molecular weight excluding hydrogens is 344 g/mol. The zero-order chi connectivity index (χ0) is 18.8. The van der Waals surface area contributed by atoms with Crippen molar-refractivity contribution in [1.29, 1.82) is 0 Å². The number of hydrogen-bond donors (Lipinski definition) is 1. The zero-order valence-corrected chi connectivity index (χ0v) is 14.4. The number of ether oxygens (including phenoxy) is 1. The number of fused-ring (bicyclic) bond motifs is 1. The van der Waals surface area contributed by atoms with Crippen LogP contribution in [-0.2, 0) is 0 Å². The number of nitrogens with zero attached hydrogens (tertiary/aromatic N) is 2. The molecule has 0 saturated heterocycles. The lowest BCUT2D eigenvalue weighted by Crippen LogP contribution is -2.14. The second-order valence-electron chi connectivity index (χ2n) is 6.06. The summed E-state index contributed by atoms with van der Waals surface area (Å²) in [6, 6.07) is 7.49. The molecule has 2 heterocycles. The highest BCUT2D eigenvalue weighted by molar-refractivity contribution is 6.12. The van der Waals surface area contributed by atoms with Crippen LogP contribution in [-0.4, -0.2) is 22.7 Å². The second kappa shape index (κ2) is 7.07. The molecule has 6 nitrogen and oxygen atoms in total. The number of carbonyl (C=O) groups excluding carboxylic acids is 1. The highest BCUT2D eigenvalue weighted by Crippen LogP contribution is 2.26. The lowest BCUT2D eigenvalue weighted by atomic mass is 10.0. The lowest BCUT2D eigenvalue weighted by molar-refractivity contribution is -0.0497. The molecular formula is C18H17F2N3O3. The maximum absolute atomic E-state index is 12.8. The Labute approximate surface area is 148 Å². The number of benzene rings is 1. The largest absolute Gasteiger partial charge is 0.435 e. The molecule has 0 bridgehead atoms. The normalized spacial score (nSPS) is 11.3. The molecule has 0 spiro atoms. The van der Waals surface area contributed by atoms with Crippen molar-refractivity contribution in [3.63, 3.8) is 0 Å². The van der Waals surface area contributed by atoms with Crippen LogP contribution in [0.15, 0.2) is 34.9 Å². The summed E-state index contributed by atoms with van der Waals surface area (Å²) < 4.78 is 34.2. The van der Waals surface area contributed by atoms with Crippen LogP contribution in [0.5, 0.6) is 5.75 Å². The summed E-state index contributed by atoms with van der Waals surface area (Å²) in [7, 11) is 0. The Morgan fingerprint density at radius 2 is 2.04 bits per heavy atom. The molecule has 3 rings (SSSR count). The molecule has 136 valence electrons. The van der Waals surface area contributed by atoms with Gasteiger partial charge in [0.2, 0.25) is 0 Å². The van der Waals surface area contributed by atoms with Gasteiger partial charge in [-0.15, -0.1) is 0 Å². The van der Waals surface area contributed by atoms with Gasteiger partial charge in [0.1, 0.15) is 5.75 Å². The van der Waals surface area contributed by atoms with Crippen molar-refractivity contribution < 1.29 is 22.8 Å². The molecule has 0 radical (unpaired) electrons. The summed E-state index contributed by atoms with van der Waals surface area (Å²) in [6.07, 6.45) is 0. The van der Waals surface area contributed by atoms with Crippen LogP contribution in [0.25, 0.3) is 11.1 Å². The molecule has 0 aliphatic carbocycles. The van der Waals surface area contributed by atoms with Gasteiger partial charge in [0.25, 0.3) is 11.6 Å². The third kappa shape index (κ3) is 3.63. The minimum atomic E-state index is -2.94. The van der Waals surface area contributed by atoms with Gasteiger partial charge >= 0.3 is 6.61 Å². The summed E-state index contributed by atoms with van der Waals surface area (Å²) in [5, 5.41) is 7.08. The van der Waals surface area contributed by atoms with Gasteiger partial charge in [-0.05, 0) is 31.0 Å². The number of amides is 1. The standard InChI is InChI=1S/C18H17F2N3O3/c1-9(2)14-8-13(15-10(3)23-26-17(15)22-14)16(24)21-11-5-4-6-12(7-11)25-18(19)20/h4-9,18H,1-3H3,(H,21,24). The zero-order valence-electron chi connectivity index (χ0n) is 14.4. The maximum atomic E-state index is 12.8. The van der Waals surface area contributed by atoms with Crippen LogP contribution in [0.4, 0.5) is 14.5 Å². The molecule has 0 atom stereocenters. The van der Waals surface area contributed by atoms with Crippen LogP contribution >= 0.6 is 0 Å². The van der Waals surface area contributed by atoms with Crippen molar-refractivity contribution in [2.75, 3.05) is 5.32 Å². The van der Waals surface area contributed by atoms with Gasteiger partial charge < -0.3 is 14.6 Å². The van der Waals surface area contributed by atoms with Gasteiger partial charge in [0.05, 0.1) is 16.6 Å². The highest BCUT2D eigenvalue weighted by atomic mass is 19.3. The van der Waals surface area contributed by atoms with E-state index in [0.29, 0.717) is 28.0 Å². The van der Waals surface area contributed by atoms with E-state index in [9.17, 15) is 13.6 Å². The van der Waals surface area contributed by atoms with Crippen molar-refractivity contribution in [1.82, 2.24) is 10.1 Å². The number of halogens is 2. The first kappa shape index (κ1) is 17.8. The van der Waals surface area contributed by atoms with Crippen LogP contribution in [0.1, 0.15) is 41.5 Å². The van der Waals surface area contributed by atoms with E-state index >= 15 is 0 Å². The Balaban J connectivity index is 1.96. The molecule has 3 aromatic rings.